The first-order chi connectivity index (χ1) is 32.2. The van der Waals surface area contributed by atoms with E-state index in [1.807, 2.05) is 18.2 Å². The van der Waals surface area contributed by atoms with Crippen molar-refractivity contribution in [2.45, 2.75) is 30.3 Å². The number of fused-ring (bicyclic) bond motifs is 2. The second kappa shape index (κ2) is 24.5. The summed E-state index contributed by atoms with van der Waals surface area (Å²) >= 11 is 7.57. The number of methoxy groups -OCH3 is 1. The van der Waals surface area contributed by atoms with Crippen LogP contribution in [0.5, 0.6) is 5.75 Å². The Hall–Kier alpha value is -5.25. The summed E-state index contributed by atoms with van der Waals surface area (Å²) in [6, 6.07) is 12.7. The van der Waals surface area contributed by atoms with Gasteiger partial charge in [-0.15, -0.1) is 11.8 Å². The molecule has 66 heavy (non-hydrogen) atoms. The number of halogens is 2. The number of thioether (sulfide) groups is 1. The van der Waals surface area contributed by atoms with Crippen molar-refractivity contribution >= 4 is 75.1 Å². The molecule has 3 aromatic carbocycles. The van der Waals surface area contributed by atoms with Crippen molar-refractivity contribution < 1.29 is 47.3 Å². The zero-order valence-electron chi connectivity index (χ0n) is 36.7. The second-order valence-corrected chi connectivity index (χ2v) is 17.1. The summed E-state index contributed by atoms with van der Waals surface area (Å²) in [7, 11) is 1.52. The van der Waals surface area contributed by atoms with E-state index in [1.165, 1.54) is 31.6 Å². The minimum atomic E-state index is -0.630. The van der Waals surface area contributed by atoms with Crippen LogP contribution in [0, 0.1) is 5.82 Å². The van der Waals surface area contributed by atoms with Gasteiger partial charge in [0.15, 0.2) is 0 Å². The number of piperazine rings is 1. The fraction of sp³-hybridized carbons (Fsp3) is 0.435. The van der Waals surface area contributed by atoms with Gasteiger partial charge in [0.1, 0.15) is 29.8 Å². The van der Waals surface area contributed by atoms with E-state index in [2.05, 4.69) is 35.7 Å². The van der Waals surface area contributed by atoms with Crippen LogP contribution in [0.4, 0.5) is 21.6 Å². The largest absolute Gasteiger partial charge is 0.494 e. The Kier molecular flexibility index (Phi) is 18.1. The number of ether oxygens (including phenoxy) is 5. The Morgan fingerprint density at radius 1 is 0.924 bits per heavy atom. The van der Waals surface area contributed by atoms with Gasteiger partial charge in [0.2, 0.25) is 17.7 Å². The van der Waals surface area contributed by atoms with Crippen LogP contribution in [0.2, 0.25) is 5.02 Å². The van der Waals surface area contributed by atoms with Gasteiger partial charge in [-0.3, -0.25) is 34.3 Å². The molecule has 1 aromatic heterocycles. The van der Waals surface area contributed by atoms with Crippen LogP contribution >= 0.6 is 23.4 Å². The van der Waals surface area contributed by atoms with Gasteiger partial charge in [-0.2, -0.15) is 0 Å². The van der Waals surface area contributed by atoms with Crippen LogP contribution in [0.3, 0.4) is 0 Å². The van der Waals surface area contributed by atoms with Crippen molar-refractivity contribution in [1.29, 1.82) is 0 Å². The number of rotatable bonds is 24. The molecule has 0 saturated carbocycles. The molecule has 4 amide bonds. The molecule has 0 bridgehead atoms. The first-order valence-electron chi connectivity index (χ1n) is 21.8. The molecule has 0 radical (unpaired) electrons. The highest BCUT2D eigenvalue weighted by molar-refractivity contribution is 7.99. The van der Waals surface area contributed by atoms with Gasteiger partial charge >= 0.3 is 0 Å². The van der Waals surface area contributed by atoms with Crippen LogP contribution in [-0.4, -0.2) is 159 Å². The van der Waals surface area contributed by atoms with Gasteiger partial charge in [-0.25, -0.2) is 14.4 Å². The highest BCUT2D eigenvalue weighted by Crippen LogP contribution is 2.35. The van der Waals surface area contributed by atoms with Gasteiger partial charge in [0, 0.05) is 91.7 Å². The van der Waals surface area contributed by atoms with Crippen molar-refractivity contribution in [3.63, 3.8) is 0 Å². The Bertz CT molecular complexity index is 2370. The summed E-state index contributed by atoms with van der Waals surface area (Å²) in [4.78, 5) is 65.8. The van der Waals surface area contributed by atoms with Crippen molar-refractivity contribution in [3.8, 4) is 5.75 Å². The maximum absolute atomic E-state index is 13.7. The number of amides is 4. The predicted octanol–water partition coefficient (Wildman–Crippen LogP) is 4.91. The number of piperidine rings is 1. The first kappa shape index (κ1) is 48.7. The lowest BCUT2D eigenvalue weighted by Crippen LogP contribution is -2.52. The lowest BCUT2D eigenvalue weighted by Gasteiger charge is -2.33. The first-order valence-corrected chi connectivity index (χ1v) is 23.2. The maximum Gasteiger partial charge on any atom is 0.255 e. The fourth-order valence-corrected chi connectivity index (χ4v) is 8.82. The third-order valence-electron chi connectivity index (χ3n) is 11.2. The zero-order chi connectivity index (χ0) is 46.3. The molecule has 2 fully saturated rings. The number of nitrogens with one attached hydrogen (secondary N) is 3. The van der Waals surface area contributed by atoms with E-state index < -0.39 is 17.8 Å². The molecule has 3 aliphatic heterocycles. The Morgan fingerprint density at radius 2 is 1.65 bits per heavy atom. The number of carbonyl (C=O) groups is 4. The highest BCUT2D eigenvalue weighted by atomic mass is 35.5. The van der Waals surface area contributed by atoms with E-state index in [1.54, 1.807) is 40.9 Å². The molecule has 20 heteroatoms. The minimum Gasteiger partial charge on any atom is -0.494 e. The summed E-state index contributed by atoms with van der Waals surface area (Å²) in [5.74, 6) is -0.118. The quantitative estimate of drug-likeness (QED) is 0.0372. The summed E-state index contributed by atoms with van der Waals surface area (Å²) in [6.07, 6.45) is 5.33. The molecule has 0 spiro atoms. The van der Waals surface area contributed by atoms with E-state index >= 15 is 0 Å². The average Bonchev–Trinajstić information content (AvgIpc) is 3.65. The zero-order valence-corrected chi connectivity index (χ0v) is 38.3. The lowest BCUT2D eigenvalue weighted by molar-refractivity contribution is -0.137. The van der Waals surface area contributed by atoms with Crippen LogP contribution in [0.1, 0.15) is 28.8 Å². The standard InChI is InChI=1S/C46H54ClFN8O9S/c1-61-40-28-37-33(44(50-30-49-37)51-31-7-8-36(48)35(47)26-31)27-38(40)52-42(57)6-3-11-54-12-14-55(15-13-54)16-17-62-18-19-63-20-21-64-22-23-65-24-25-66-41-5-2-4-32-34(41)29-56(46(32)60)39-9-10-43(58)53-45(39)59/h2-8,26-28,30,39H,9-25,29H2,1H3,(H,52,57)(H,49,50,51)(H,53,58,59)/b6-3+. The van der Waals surface area contributed by atoms with E-state index in [4.69, 9.17) is 35.3 Å². The third kappa shape index (κ3) is 13.4. The van der Waals surface area contributed by atoms with Crippen molar-refractivity contribution in [2.24, 2.45) is 0 Å². The number of hydrogen-bond acceptors (Lipinski definition) is 15. The van der Waals surface area contributed by atoms with Crippen molar-refractivity contribution in [1.82, 2.24) is 30.0 Å². The predicted molar refractivity (Wildman–Crippen MR) is 248 cm³/mol. The molecule has 4 aromatic rings. The normalized spacial score (nSPS) is 16.9. The summed E-state index contributed by atoms with van der Waals surface area (Å²) in [5, 5.41) is 8.99. The van der Waals surface area contributed by atoms with E-state index in [0.29, 0.717) is 118 Å². The maximum atomic E-state index is 13.7. The average molecular weight is 950 g/mol. The van der Waals surface area contributed by atoms with Crippen LogP contribution in [0.25, 0.3) is 10.9 Å². The van der Waals surface area contributed by atoms with Gasteiger partial charge in [0.05, 0.1) is 76.2 Å². The molecule has 1 unspecified atom stereocenters. The van der Waals surface area contributed by atoms with E-state index in [0.717, 1.165) is 43.2 Å². The SMILES string of the molecule is COc1cc2ncnc(Nc3ccc(F)c(Cl)c3)c2cc1NC(=O)/C=C/CN1CCN(CCOCCOCCOCCOCCSc2cccc3c2CN(C2CCC(=O)NC2=O)C3=O)CC1. The smallest absolute Gasteiger partial charge is 0.255 e. The number of carbonyl (C=O) groups excluding carboxylic acids is 4. The number of anilines is 3. The minimum absolute atomic E-state index is 0.0194. The number of hydrogen-bond donors (Lipinski definition) is 3. The Balaban J connectivity index is 0.686. The monoisotopic (exact) mass is 948 g/mol. The van der Waals surface area contributed by atoms with Gasteiger partial charge in [0.25, 0.3) is 5.91 Å². The lowest BCUT2D eigenvalue weighted by atomic mass is 10.0. The summed E-state index contributed by atoms with van der Waals surface area (Å²) in [6.45, 7) is 9.34. The third-order valence-corrected chi connectivity index (χ3v) is 12.5. The highest BCUT2D eigenvalue weighted by Gasteiger charge is 2.39. The molecule has 1 atom stereocenters. The molecule has 0 aliphatic carbocycles. The number of nitrogens with zero attached hydrogens (tertiary/aromatic N) is 5. The van der Waals surface area contributed by atoms with Gasteiger partial charge in [-0.05, 0) is 48.4 Å². The molecule has 352 valence electrons. The molecule has 7 rings (SSSR count). The van der Waals surface area contributed by atoms with Crippen LogP contribution < -0.4 is 20.7 Å². The van der Waals surface area contributed by atoms with Crippen molar-refractivity contribution in [3.05, 3.63) is 89.0 Å². The molecule has 3 aliphatic rings. The molecular formula is C46H54ClFN8O9S. The number of imide groups is 1. The second-order valence-electron chi connectivity index (χ2n) is 15.6. The molecular weight excluding hydrogens is 895 g/mol. The molecule has 4 heterocycles. The van der Waals surface area contributed by atoms with Gasteiger partial charge < -0.3 is 39.2 Å². The summed E-state index contributed by atoms with van der Waals surface area (Å²) < 4.78 is 42.0. The van der Waals surface area contributed by atoms with Crippen LogP contribution in [0.15, 0.2) is 71.9 Å². The number of aromatic nitrogens is 2. The summed E-state index contributed by atoms with van der Waals surface area (Å²) in [5.41, 5.74) is 3.10. The molecule has 17 nitrogen and oxygen atoms in total. The fourth-order valence-electron chi connectivity index (χ4n) is 7.70. The molecule has 2 saturated heterocycles. The number of benzene rings is 3. The Labute approximate surface area is 391 Å². The van der Waals surface area contributed by atoms with Crippen LogP contribution in [-0.2, 0) is 39.9 Å². The topological polar surface area (TPSA) is 186 Å². The van der Waals surface area contributed by atoms with E-state index in [-0.39, 0.29) is 29.2 Å². The van der Waals surface area contributed by atoms with E-state index in [9.17, 15) is 23.6 Å². The molecule has 3 N–H and O–H groups in total. The Morgan fingerprint density at radius 3 is 2.38 bits per heavy atom. The van der Waals surface area contributed by atoms with Crippen molar-refractivity contribution in [2.75, 3.05) is 116 Å². The van der Waals surface area contributed by atoms with Gasteiger partial charge in [-0.1, -0.05) is 23.7 Å².